The SMILES string of the molecule is Cl.O=C(NC1CCNC1)C(Sc1ccc(F)c(F)c1)c1ccccc1. The first-order valence-corrected chi connectivity index (χ1v) is 8.69. The molecule has 0 aromatic heterocycles. The van der Waals surface area contributed by atoms with Gasteiger partial charge < -0.3 is 10.6 Å². The van der Waals surface area contributed by atoms with E-state index in [0.29, 0.717) is 4.90 Å². The molecule has 134 valence electrons. The lowest BCUT2D eigenvalue weighted by Gasteiger charge is -2.20. The third-order valence-corrected chi connectivity index (χ3v) is 5.14. The first-order chi connectivity index (χ1) is 11.6. The first kappa shape index (κ1) is 19.7. The van der Waals surface area contributed by atoms with E-state index in [4.69, 9.17) is 0 Å². The minimum atomic E-state index is -0.910. The average molecular weight is 385 g/mol. The number of hydrogen-bond acceptors (Lipinski definition) is 3. The smallest absolute Gasteiger partial charge is 0.238 e. The van der Waals surface area contributed by atoms with E-state index in [2.05, 4.69) is 10.6 Å². The number of benzene rings is 2. The van der Waals surface area contributed by atoms with E-state index in [1.807, 2.05) is 30.3 Å². The van der Waals surface area contributed by atoms with Gasteiger partial charge in [-0.3, -0.25) is 4.79 Å². The Labute approximate surface area is 156 Å². The summed E-state index contributed by atoms with van der Waals surface area (Å²) in [5, 5.41) is 5.72. The van der Waals surface area contributed by atoms with Crippen molar-refractivity contribution < 1.29 is 13.6 Å². The third kappa shape index (κ3) is 5.17. The van der Waals surface area contributed by atoms with E-state index in [9.17, 15) is 13.6 Å². The van der Waals surface area contributed by atoms with Crippen LogP contribution < -0.4 is 10.6 Å². The van der Waals surface area contributed by atoms with Crippen molar-refractivity contribution >= 4 is 30.1 Å². The van der Waals surface area contributed by atoms with Crippen molar-refractivity contribution in [2.24, 2.45) is 0 Å². The molecule has 25 heavy (non-hydrogen) atoms. The number of halogens is 3. The Morgan fingerprint density at radius 3 is 2.56 bits per heavy atom. The van der Waals surface area contributed by atoms with Crippen molar-refractivity contribution in [2.45, 2.75) is 22.6 Å². The van der Waals surface area contributed by atoms with Gasteiger partial charge in [0.2, 0.25) is 5.91 Å². The number of carbonyl (C=O) groups excluding carboxylic acids is 1. The van der Waals surface area contributed by atoms with Crippen molar-refractivity contribution in [3.63, 3.8) is 0 Å². The lowest BCUT2D eigenvalue weighted by atomic mass is 10.1. The van der Waals surface area contributed by atoms with Gasteiger partial charge >= 0.3 is 0 Å². The largest absolute Gasteiger partial charge is 0.351 e. The molecule has 2 unspecified atom stereocenters. The summed E-state index contributed by atoms with van der Waals surface area (Å²) in [4.78, 5) is 13.2. The van der Waals surface area contributed by atoms with E-state index in [0.717, 1.165) is 37.2 Å². The van der Waals surface area contributed by atoms with Gasteiger partial charge in [0.25, 0.3) is 0 Å². The highest BCUT2D eigenvalue weighted by molar-refractivity contribution is 8.00. The van der Waals surface area contributed by atoms with Crippen molar-refractivity contribution in [3.05, 3.63) is 65.7 Å². The normalized spacial score (nSPS) is 17.6. The minimum Gasteiger partial charge on any atom is -0.351 e. The van der Waals surface area contributed by atoms with Crippen molar-refractivity contribution in [2.75, 3.05) is 13.1 Å². The summed E-state index contributed by atoms with van der Waals surface area (Å²) in [7, 11) is 0. The summed E-state index contributed by atoms with van der Waals surface area (Å²) in [6.45, 7) is 1.64. The van der Waals surface area contributed by atoms with Crippen molar-refractivity contribution in [3.8, 4) is 0 Å². The molecule has 2 aromatic carbocycles. The van der Waals surface area contributed by atoms with Crippen LogP contribution in [0.15, 0.2) is 53.4 Å². The highest BCUT2D eigenvalue weighted by atomic mass is 35.5. The Morgan fingerprint density at radius 2 is 1.92 bits per heavy atom. The maximum absolute atomic E-state index is 13.5. The summed E-state index contributed by atoms with van der Waals surface area (Å²) >= 11 is 1.22. The molecule has 2 atom stereocenters. The highest BCUT2D eigenvalue weighted by Gasteiger charge is 2.26. The number of nitrogens with one attached hydrogen (secondary N) is 2. The summed E-state index contributed by atoms with van der Waals surface area (Å²) in [6, 6.07) is 13.1. The number of carbonyl (C=O) groups is 1. The molecule has 0 aliphatic carbocycles. The van der Waals surface area contributed by atoms with E-state index >= 15 is 0 Å². The molecule has 3 nitrogen and oxygen atoms in total. The van der Waals surface area contributed by atoms with Gasteiger partial charge in [-0.05, 0) is 36.7 Å². The number of rotatable bonds is 5. The van der Waals surface area contributed by atoms with Crippen LogP contribution in [0.3, 0.4) is 0 Å². The van der Waals surface area contributed by atoms with Crippen LogP contribution in [0.2, 0.25) is 0 Å². The minimum absolute atomic E-state index is 0. The molecule has 0 radical (unpaired) electrons. The van der Waals surface area contributed by atoms with Crippen LogP contribution in [0.5, 0.6) is 0 Å². The number of amides is 1. The fourth-order valence-electron chi connectivity index (χ4n) is 2.64. The molecule has 1 aliphatic heterocycles. The topological polar surface area (TPSA) is 41.1 Å². The highest BCUT2D eigenvalue weighted by Crippen LogP contribution is 2.36. The van der Waals surface area contributed by atoms with Gasteiger partial charge in [0.15, 0.2) is 11.6 Å². The van der Waals surface area contributed by atoms with E-state index < -0.39 is 16.9 Å². The molecule has 1 saturated heterocycles. The predicted molar refractivity (Wildman–Crippen MR) is 98.1 cm³/mol. The molecule has 1 fully saturated rings. The van der Waals surface area contributed by atoms with Gasteiger partial charge in [0.05, 0.1) is 0 Å². The molecule has 0 bridgehead atoms. The number of hydrogen-bond donors (Lipinski definition) is 2. The van der Waals surface area contributed by atoms with Gasteiger partial charge in [-0.25, -0.2) is 8.78 Å². The number of thioether (sulfide) groups is 1. The molecule has 2 N–H and O–H groups in total. The van der Waals surface area contributed by atoms with Gasteiger partial charge in [0.1, 0.15) is 5.25 Å². The second-order valence-corrected chi connectivity index (χ2v) is 6.86. The van der Waals surface area contributed by atoms with E-state index in [1.54, 1.807) is 0 Å². The van der Waals surface area contributed by atoms with Crippen LogP contribution in [0.25, 0.3) is 0 Å². The van der Waals surface area contributed by atoms with Gasteiger partial charge in [-0.15, -0.1) is 24.2 Å². The molecule has 1 aliphatic rings. The van der Waals surface area contributed by atoms with Crippen LogP contribution in [0, 0.1) is 11.6 Å². The fraction of sp³-hybridized carbons (Fsp3) is 0.278. The van der Waals surface area contributed by atoms with Gasteiger partial charge in [-0.1, -0.05) is 30.3 Å². The van der Waals surface area contributed by atoms with E-state index in [-0.39, 0.29) is 24.4 Å². The first-order valence-electron chi connectivity index (χ1n) is 7.81. The van der Waals surface area contributed by atoms with Gasteiger partial charge in [-0.2, -0.15) is 0 Å². The lowest BCUT2D eigenvalue weighted by Crippen LogP contribution is -2.38. The predicted octanol–water partition coefficient (Wildman–Crippen LogP) is 3.70. The molecule has 1 heterocycles. The van der Waals surface area contributed by atoms with Crippen LogP contribution in [0.1, 0.15) is 17.2 Å². The van der Waals surface area contributed by atoms with Crippen molar-refractivity contribution in [1.29, 1.82) is 0 Å². The Kier molecular flexibility index (Phi) is 7.23. The third-order valence-electron chi connectivity index (χ3n) is 3.89. The monoisotopic (exact) mass is 384 g/mol. The molecule has 1 amide bonds. The maximum Gasteiger partial charge on any atom is 0.238 e. The van der Waals surface area contributed by atoms with Crippen LogP contribution in [-0.2, 0) is 4.79 Å². The molecule has 0 saturated carbocycles. The molecule has 7 heteroatoms. The second-order valence-electron chi connectivity index (χ2n) is 5.68. The standard InChI is InChI=1S/C18H18F2N2OS.ClH/c19-15-7-6-14(10-16(15)20)24-17(12-4-2-1-3-5-12)18(23)22-13-8-9-21-11-13;/h1-7,10,13,17,21H,8-9,11H2,(H,22,23);1H. The zero-order valence-corrected chi connectivity index (χ0v) is 15.0. The lowest BCUT2D eigenvalue weighted by molar-refractivity contribution is -0.121. The molecule has 0 spiro atoms. The molecule has 3 rings (SSSR count). The maximum atomic E-state index is 13.5. The van der Waals surface area contributed by atoms with Gasteiger partial charge in [0, 0.05) is 17.5 Å². The fourth-order valence-corrected chi connectivity index (χ4v) is 3.70. The zero-order valence-electron chi connectivity index (χ0n) is 13.4. The van der Waals surface area contributed by atoms with Crippen LogP contribution >= 0.6 is 24.2 Å². The summed E-state index contributed by atoms with van der Waals surface area (Å²) in [5.74, 6) is -1.92. The molecule has 2 aromatic rings. The average Bonchev–Trinajstić information content (AvgIpc) is 3.09. The summed E-state index contributed by atoms with van der Waals surface area (Å²) < 4.78 is 26.6. The molecular formula is C18H19ClF2N2OS. The summed E-state index contributed by atoms with van der Waals surface area (Å²) in [5.41, 5.74) is 0.829. The van der Waals surface area contributed by atoms with Crippen LogP contribution in [-0.4, -0.2) is 25.0 Å². The zero-order chi connectivity index (χ0) is 16.9. The Hall–Kier alpha value is -1.63. The van der Waals surface area contributed by atoms with E-state index in [1.165, 1.54) is 17.8 Å². The van der Waals surface area contributed by atoms with Crippen molar-refractivity contribution in [1.82, 2.24) is 10.6 Å². The molecular weight excluding hydrogens is 366 g/mol. The quantitative estimate of drug-likeness (QED) is 0.772. The Balaban J connectivity index is 0.00000225. The Morgan fingerprint density at radius 1 is 1.16 bits per heavy atom. The Bertz CT molecular complexity index is 711. The summed E-state index contributed by atoms with van der Waals surface area (Å²) in [6.07, 6.45) is 0.892. The van der Waals surface area contributed by atoms with Crippen LogP contribution in [0.4, 0.5) is 8.78 Å². The second kappa shape index (κ2) is 9.17.